The fourth-order valence-electron chi connectivity index (χ4n) is 3.36. The van der Waals surface area contributed by atoms with Crippen LogP contribution >= 0.6 is 0 Å². The van der Waals surface area contributed by atoms with Crippen molar-refractivity contribution in [1.82, 2.24) is 10.0 Å². The summed E-state index contributed by atoms with van der Waals surface area (Å²) < 4.78 is 38.4. The van der Waals surface area contributed by atoms with Crippen LogP contribution in [0.4, 0.5) is 0 Å². The van der Waals surface area contributed by atoms with Crippen molar-refractivity contribution in [1.29, 1.82) is 0 Å². The third kappa shape index (κ3) is 8.14. The molecule has 0 bridgehead atoms. The molecule has 0 fully saturated rings. The lowest BCUT2D eigenvalue weighted by Gasteiger charge is -2.18. The van der Waals surface area contributed by atoms with Crippen molar-refractivity contribution < 1.29 is 22.7 Å². The van der Waals surface area contributed by atoms with Crippen LogP contribution in [0.25, 0.3) is 0 Å². The normalized spacial score (nSPS) is 14.3. The Kier molecular flexibility index (Phi) is 10.4. The highest BCUT2D eigenvalue weighted by molar-refractivity contribution is 7.89. The molecule has 8 heteroatoms. The third-order valence-corrected chi connectivity index (χ3v) is 6.79. The fourth-order valence-corrected chi connectivity index (χ4v) is 4.45. The number of nitrogens with one attached hydrogen (secondary N) is 2. The molecular formula is C22H36N2O5S. The Hall–Kier alpha value is -1.80. The molecule has 1 aliphatic heterocycles. The summed E-state index contributed by atoms with van der Waals surface area (Å²) in [7, 11) is -3.59. The van der Waals surface area contributed by atoms with Crippen LogP contribution in [0.1, 0.15) is 65.2 Å². The summed E-state index contributed by atoms with van der Waals surface area (Å²) in [6.45, 7) is 6.32. The van der Waals surface area contributed by atoms with E-state index < -0.39 is 10.0 Å². The van der Waals surface area contributed by atoms with Crippen LogP contribution < -0.4 is 19.5 Å². The number of fused-ring (bicyclic) bond motifs is 1. The zero-order chi connectivity index (χ0) is 21.8. The highest BCUT2D eigenvalue weighted by atomic mass is 32.2. The van der Waals surface area contributed by atoms with Gasteiger partial charge in [0.2, 0.25) is 15.9 Å². The van der Waals surface area contributed by atoms with E-state index in [0.29, 0.717) is 50.0 Å². The van der Waals surface area contributed by atoms with Gasteiger partial charge in [-0.25, -0.2) is 13.1 Å². The van der Waals surface area contributed by atoms with Gasteiger partial charge in [0.05, 0.1) is 4.90 Å². The molecule has 1 atom stereocenters. The van der Waals surface area contributed by atoms with Crippen LogP contribution in [0.2, 0.25) is 0 Å². The second kappa shape index (κ2) is 12.8. The van der Waals surface area contributed by atoms with E-state index in [-0.39, 0.29) is 10.8 Å². The lowest BCUT2D eigenvalue weighted by molar-refractivity contribution is -0.121. The number of rotatable bonds is 14. The predicted molar refractivity (Wildman–Crippen MR) is 117 cm³/mol. The van der Waals surface area contributed by atoms with Gasteiger partial charge in [-0.1, -0.05) is 39.5 Å². The Labute approximate surface area is 181 Å². The first kappa shape index (κ1) is 24.5. The van der Waals surface area contributed by atoms with E-state index in [9.17, 15) is 13.2 Å². The van der Waals surface area contributed by atoms with Crippen LogP contribution in [0.3, 0.4) is 0 Å². The van der Waals surface area contributed by atoms with E-state index in [1.54, 1.807) is 6.07 Å². The van der Waals surface area contributed by atoms with Gasteiger partial charge in [-0.3, -0.25) is 4.79 Å². The summed E-state index contributed by atoms with van der Waals surface area (Å²) in [5.41, 5.74) is 0. The van der Waals surface area contributed by atoms with E-state index in [1.807, 2.05) is 0 Å². The molecule has 1 unspecified atom stereocenters. The van der Waals surface area contributed by atoms with Crippen molar-refractivity contribution in [2.24, 2.45) is 5.92 Å². The van der Waals surface area contributed by atoms with Gasteiger partial charge >= 0.3 is 0 Å². The van der Waals surface area contributed by atoms with Crippen LogP contribution in [-0.4, -0.2) is 40.6 Å². The molecule has 0 aromatic heterocycles. The van der Waals surface area contributed by atoms with Crippen molar-refractivity contribution in [3.63, 3.8) is 0 Å². The smallest absolute Gasteiger partial charge is 0.240 e. The molecule has 170 valence electrons. The van der Waals surface area contributed by atoms with E-state index in [4.69, 9.17) is 9.47 Å². The van der Waals surface area contributed by atoms with Crippen LogP contribution in [0, 0.1) is 5.92 Å². The zero-order valence-electron chi connectivity index (χ0n) is 18.2. The molecule has 1 aliphatic rings. The first-order valence-corrected chi connectivity index (χ1v) is 12.6. The van der Waals surface area contributed by atoms with Crippen LogP contribution in [0.15, 0.2) is 23.1 Å². The number of ether oxygens (including phenoxy) is 2. The van der Waals surface area contributed by atoms with Crippen molar-refractivity contribution in [3.8, 4) is 11.5 Å². The summed E-state index contributed by atoms with van der Waals surface area (Å²) in [4.78, 5) is 12.2. The van der Waals surface area contributed by atoms with Gasteiger partial charge < -0.3 is 14.8 Å². The molecule has 1 heterocycles. The Balaban J connectivity index is 1.62. The Morgan fingerprint density at radius 1 is 1.07 bits per heavy atom. The molecule has 1 aromatic carbocycles. The highest BCUT2D eigenvalue weighted by Gasteiger charge is 2.19. The molecule has 0 saturated heterocycles. The lowest BCUT2D eigenvalue weighted by Crippen LogP contribution is -2.29. The number of unbranched alkanes of at least 4 members (excludes halogenated alkanes) is 3. The number of benzene rings is 1. The standard InChI is InChI=1S/C22H36N2O5S/c1-3-5-9-18(4-2)17-23-22(25)10-7-6-8-13-24-30(26,27)19-11-12-20-21(16-19)29-15-14-28-20/h11-12,16,18,24H,3-10,13-15,17H2,1-2H3,(H,23,25). The Bertz CT molecular complexity index is 767. The average Bonchev–Trinajstić information content (AvgIpc) is 2.75. The zero-order valence-corrected chi connectivity index (χ0v) is 19.1. The van der Waals surface area contributed by atoms with Crippen LogP contribution in [0.5, 0.6) is 11.5 Å². The van der Waals surface area contributed by atoms with Gasteiger partial charge in [0.25, 0.3) is 0 Å². The largest absolute Gasteiger partial charge is 0.486 e. The van der Waals surface area contributed by atoms with Crippen molar-refractivity contribution in [2.75, 3.05) is 26.3 Å². The maximum Gasteiger partial charge on any atom is 0.240 e. The van der Waals surface area contributed by atoms with Gasteiger partial charge in [0, 0.05) is 25.6 Å². The van der Waals surface area contributed by atoms with Crippen LogP contribution in [-0.2, 0) is 14.8 Å². The number of carbonyl (C=O) groups excluding carboxylic acids is 1. The number of sulfonamides is 1. The number of amides is 1. The molecule has 0 aliphatic carbocycles. The second-order valence-electron chi connectivity index (χ2n) is 7.73. The van der Waals surface area contributed by atoms with Gasteiger partial charge in [0.1, 0.15) is 13.2 Å². The van der Waals surface area contributed by atoms with Gasteiger partial charge in [-0.15, -0.1) is 0 Å². The van der Waals surface area contributed by atoms with Gasteiger partial charge in [0.15, 0.2) is 11.5 Å². The lowest BCUT2D eigenvalue weighted by atomic mass is 9.99. The Morgan fingerprint density at radius 3 is 2.57 bits per heavy atom. The number of hydrogen-bond donors (Lipinski definition) is 2. The third-order valence-electron chi connectivity index (χ3n) is 5.33. The topological polar surface area (TPSA) is 93.7 Å². The minimum absolute atomic E-state index is 0.0850. The van der Waals surface area contributed by atoms with Gasteiger partial charge in [-0.2, -0.15) is 0 Å². The van der Waals surface area contributed by atoms with E-state index in [2.05, 4.69) is 23.9 Å². The minimum atomic E-state index is -3.59. The van der Waals surface area contributed by atoms with E-state index >= 15 is 0 Å². The summed E-state index contributed by atoms with van der Waals surface area (Å²) in [5.74, 6) is 1.66. The molecule has 0 spiro atoms. The first-order valence-electron chi connectivity index (χ1n) is 11.1. The summed E-state index contributed by atoms with van der Waals surface area (Å²) in [6, 6.07) is 4.63. The molecule has 30 heavy (non-hydrogen) atoms. The molecule has 1 amide bonds. The number of carbonyl (C=O) groups is 1. The predicted octanol–water partition coefficient (Wildman–Crippen LogP) is 3.63. The molecule has 0 saturated carbocycles. The van der Waals surface area contributed by atoms with E-state index in [1.165, 1.54) is 25.0 Å². The Morgan fingerprint density at radius 2 is 1.83 bits per heavy atom. The quantitative estimate of drug-likeness (QED) is 0.431. The molecule has 7 nitrogen and oxygen atoms in total. The average molecular weight is 441 g/mol. The first-order chi connectivity index (χ1) is 14.5. The molecule has 2 N–H and O–H groups in total. The molecule has 1 aromatic rings. The monoisotopic (exact) mass is 440 g/mol. The van der Waals surface area contributed by atoms with Gasteiger partial charge in [-0.05, 0) is 37.3 Å². The fraction of sp³-hybridized carbons (Fsp3) is 0.682. The summed E-state index contributed by atoms with van der Waals surface area (Å²) in [5, 5.41) is 3.03. The maximum absolute atomic E-state index is 12.4. The highest BCUT2D eigenvalue weighted by Crippen LogP contribution is 2.32. The summed E-state index contributed by atoms with van der Waals surface area (Å²) >= 11 is 0. The van der Waals surface area contributed by atoms with E-state index in [0.717, 1.165) is 32.2 Å². The number of hydrogen-bond acceptors (Lipinski definition) is 5. The van der Waals surface area contributed by atoms with Crippen molar-refractivity contribution in [3.05, 3.63) is 18.2 Å². The minimum Gasteiger partial charge on any atom is -0.486 e. The molecular weight excluding hydrogens is 404 g/mol. The SMILES string of the molecule is CCCCC(CC)CNC(=O)CCCCCNS(=O)(=O)c1ccc2c(c1)OCCO2. The van der Waals surface area contributed by atoms with Crippen molar-refractivity contribution in [2.45, 2.75) is 70.1 Å². The molecule has 0 radical (unpaired) electrons. The molecule has 2 rings (SSSR count). The second-order valence-corrected chi connectivity index (χ2v) is 9.50. The van der Waals surface area contributed by atoms with Crippen molar-refractivity contribution >= 4 is 15.9 Å². The maximum atomic E-state index is 12.4. The summed E-state index contributed by atoms with van der Waals surface area (Å²) in [6.07, 6.45) is 7.36.